The number of benzene rings is 2. The zero-order chi connectivity index (χ0) is 19.4. The first kappa shape index (κ1) is 18.8. The topological polar surface area (TPSA) is 48.3 Å². The van der Waals surface area contributed by atoms with E-state index in [0.717, 1.165) is 10.0 Å². The molecule has 0 aliphatic heterocycles. The molecule has 0 saturated carbocycles. The normalized spacial score (nSPS) is 11.1. The van der Waals surface area contributed by atoms with E-state index in [9.17, 15) is 17.2 Å². The molecule has 0 amide bonds. The van der Waals surface area contributed by atoms with Crippen molar-refractivity contribution < 1.29 is 21.9 Å². The first-order valence-electron chi connectivity index (χ1n) is 7.90. The Morgan fingerprint density at radius 2 is 1.89 bits per heavy atom. The van der Waals surface area contributed by atoms with E-state index in [-0.39, 0.29) is 22.8 Å². The highest BCUT2D eigenvalue weighted by Gasteiger charge is 2.21. The van der Waals surface area contributed by atoms with Gasteiger partial charge in [0.05, 0.1) is 10.6 Å². The molecule has 138 valence electrons. The summed E-state index contributed by atoms with van der Waals surface area (Å²) in [6, 6.07) is 12.1. The summed E-state index contributed by atoms with van der Waals surface area (Å²) < 4.78 is 59.2. The van der Waals surface area contributed by atoms with Crippen molar-refractivity contribution in [3.63, 3.8) is 0 Å². The minimum absolute atomic E-state index is 0.00619. The van der Waals surface area contributed by atoms with E-state index in [2.05, 4.69) is 11.8 Å². The maximum atomic E-state index is 14.1. The molecule has 0 spiro atoms. The Morgan fingerprint density at radius 3 is 2.63 bits per heavy atom. The number of halogens is 2. The molecular weight excluding hydrogens is 372 g/mol. The molecule has 0 atom stereocenters. The van der Waals surface area contributed by atoms with Crippen LogP contribution in [0.3, 0.4) is 0 Å². The second-order valence-electron chi connectivity index (χ2n) is 5.58. The third-order valence-corrected chi connectivity index (χ3v) is 5.45. The van der Waals surface area contributed by atoms with Gasteiger partial charge in [0, 0.05) is 30.5 Å². The van der Waals surface area contributed by atoms with Gasteiger partial charge in [-0.2, -0.15) is 0 Å². The molecule has 0 aliphatic rings. The van der Waals surface area contributed by atoms with Crippen LogP contribution in [0.4, 0.5) is 8.78 Å². The monoisotopic (exact) mass is 387 g/mol. The van der Waals surface area contributed by atoms with Crippen LogP contribution in [0.15, 0.2) is 65.7 Å². The SMILES string of the molecule is COCC#Cc1cccc(S(=O)(=O)n2cccc2-c2ccc(F)cc2F)c1. The second-order valence-corrected chi connectivity index (χ2v) is 7.40. The van der Waals surface area contributed by atoms with Crippen LogP contribution in [-0.4, -0.2) is 26.1 Å². The zero-order valence-electron chi connectivity index (χ0n) is 14.3. The minimum atomic E-state index is -4.00. The van der Waals surface area contributed by atoms with Gasteiger partial charge in [0.15, 0.2) is 0 Å². The number of nitrogens with zero attached hydrogens (tertiary/aromatic N) is 1. The Labute approximate surface area is 156 Å². The van der Waals surface area contributed by atoms with Gasteiger partial charge in [-0.05, 0) is 42.5 Å². The van der Waals surface area contributed by atoms with Gasteiger partial charge in [0.25, 0.3) is 10.0 Å². The molecule has 3 aromatic rings. The van der Waals surface area contributed by atoms with Crippen molar-refractivity contribution in [2.75, 3.05) is 13.7 Å². The fraction of sp³-hybridized carbons (Fsp3) is 0.100. The standard InChI is InChI=1S/C20H15F2NO3S/c1-26-12-4-6-15-5-2-7-17(13-15)27(24,25)23-11-3-8-20(23)18-10-9-16(21)14-19(18)22/h2-3,5,7-11,13-14H,12H2,1H3. The minimum Gasteiger partial charge on any atom is -0.372 e. The van der Waals surface area contributed by atoms with E-state index in [0.29, 0.717) is 11.6 Å². The number of ether oxygens (including phenoxy) is 1. The highest BCUT2D eigenvalue weighted by molar-refractivity contribution is 7.90. The van der Waals surface area contributed by atoms with E-state index in [1.54, 1.807) is 12.1 Å². The average molecular weight is 387 g/mol. The van der Waals surface area contributed by atoms with Gasteiger partial charge in [-0.3, -0.25) is 0 Å². The number of rotatable bonds is 4. The van der Waals surface area contributed by atoms with Crippen LogP contribution >= 0.6 is 0 Å². The summed E-state index contributed by atoms with van der Waals surface area (Å²) in [5.74, 6) is 3.99. The molecular formula is C20H15F2NO3S. The first-order chi connectivity index (χ1) is 12.9. The van der Waals surface area contributed by atoms with Crippen LogP contribution in [0.5, 0.6) is 0 Å². The molecule has 3 rings (SSSR count). The van der Waals surface area contributed by atoms with Crippen LogP contribution in [0, 0.1) is 23.5 Å². The Morgan fingerprint density at radius 1 is 1.07 bits per heavy atom. The van der Waals surface area contributed by atoms with Gasteiger partial charge in [-0.25, -0.2) is 21.2 Å². The summed E-state index contributed by atoms with van der Waals surface area (Å²) >= 11 is 0. The number of hydrogen-bond donors (Lipinski definition) is 0. The molecule has 1 heterocycles. The van der Waals surface area contributed by atoms with Gasteiger partial charge in [0.1, 0.15) is 18.2 Å². The Balaban J connectivity index is 2.07. The highest BCUT2D eigenvalue weighted by Crippen LogP contribution is 2.27. The molecule has 0 N–H and O–H groups in total. The summed E-state index contributed by atoms with van der Waals surface area (Å²) in [6.07, 6.45) is 1.32. The highest BCUT2D eigenvalue weighted by atomic mass is 32.2. The molecule has 0 bridgehead atoms. The van der Waals surface area contributed by atoms with Gasteiger partial charge >= 0.3 is 0 Å². The molecule has 27 heavy (non-hydrogen) atoms. The summed E-state index contributed by atoms with van der Waals surface area (Å²) in [6.45, 7) is 0.225. The number of aromatic nitrogens is 1. The molecule has 0 unspecified atom stereocenters. The third-order valence-electron chi connectivity index (χ3n) is 3.76. The van der Waals surface area contributed by atoms with Crippen molar-refractivity contribution in [3.05, 3.63) is 78.0 Å². The van der Waals surface area contributed by atoms with Gasteiger partial charge < -0.3 is 4.74 Å². The summed E-state index contributed by atoms with van der Waals surface area (Å²) in [4.78, 5) is 0.00619. The van der Waals surface area contributed by atoms with Crippen molar-refractivity contribution in [3.8, 4) is 23.1 Å². The van der Waals surface area contributed by atoms with Crippen molar-refractivity contribution in [2.24, 2.45) is 0 Å². The molecule has 7 heteroatoms. The predicted octanol–water partition coefficient (Wildman–Crippen LogP) is 3.67. The lowest BCUT2D eigenvalue weighted by molar-refractivity contribution is 0.240. The molecule has 4 nitrogen and oxygen atoms in total. The number of hydrogen-bond acceptors (Lipinski definition) is 3. The van der Waals surface area contributed by atoms with Gasteiger partial charge in [-0.15, -0.1) is 0 Å². The Bertz CT molecular complexity index is 1140. The molecule has 0 saturated heterocycles. The smallest absolute Gasteiger partial charge is 0.268 e. The molecule has 0 fully saturated rings. The quantitative estimate of drug-likeness (QED) is 0.642. The summed E-state index contributed by atoms with van der Waals surface area (Å²) in [5, 5.41) is 0. The first-order valence-corrected chi connectivity index (χ1v) is 9.34. The predicted molar refractivity (Wildman–Crippen MR) is 97.6 cm³/mol. The van der Waals surface area contributed by atoms with Crippen molar-refractivity contribution in [2.45, 2.75) is 4.90 Å². The van der Waals surface area contributed by atoms with E-state index >= 15 is 0 Å². The Hall–Kier alpha value is -2.95. The second kappa shape index (κ2) is 7.74. The number of methoxy groups -OCH3 is 1. The van der Waals surface area contributed by atoms with Crippen LogP contribution in [0.25, 0.3) is 11.3 Å². The van der Waals surface area contributed by atoms with Crippen molar-refractivity contribution >= 4 is 10.0 Å². The molecule has 1 aromatic heterocycles. The summed E-state index contributed by atoms with van der Waals surface area (Å²) in [7, 11) is -2.49. The lowest BCUT2D eigenvalue weighted by Crippen LogP contribution is -2.13. The van der Waals surface area contributed by atoms with Crippen LogP contribution in [-0.2, 0) is 14.8 Å². The summed E-state index contributed by atoms with van der Waals surface area (Å²) in [5.41, 5.74) is 0.596. The molecule has 0 radical (unpaired) electrons. The van der Waals surface area contributed by atoms with Crippen LogP contribution in [0.1, 0.15) is 5.56 Å². The largest absolute Gasteiger partial charge is 0.372 e. The lowest BCUT2D eigenvalue weighted by atomic mass is 10.1. The average Bonchev–Trinajstić information content (AvgIpc) is 3.12. The maximum absolute atomic E-state index is 14.1. The maximum Gasteiger partial charge on any atom is 0.268 e. The van der Waals surface area contributed by atoms with Crippen molar-refractivity contribution in [1.29, 1.82) is 0 Å². The van der Waals surface area contributed by atoms with Gasteiger partial charge in [0.2, 0.25) is 0 Å². The zero-order valence-corrected chi connectivity index (χ0v) is 15.1. The van der Waals surface area contributed by atoms with Crippen LogP contribution < -0.4 is 0 Å². The Kier molecular flexibility index (Phi) is 5.40. The molecule has 0 aliphatic carbocycles. The fourth-order valence-corrected chi connectivity index (χ4v) is 3.94. The van der Waals surface area contributed by atoms with E-state index < -0.39 is 21.7 Å². The van der Waals surface area contributed by atoms with E-state index in [1.165, 1.54) is 43.6 Å². The third kappa shape index (κ3) is 3.92. The lowest BCUT2D eigenvalue weighted by Gasteiger charge is -2.11. The molecule has 2 aromatic carbocycles. The van der Waals surface area contributed by atoms with Gasteiger partial charge in [-0.1, -0.05) is 17.9 Å². The van der Waals surface area contributed by atoms with Crippen LogP contribution in [0.2, 0.25) is 0 Å². The van der Waals surface area contributed by atoms with E-state index in [1.807, 2.05) is 0 Å². The van der Waals surface area contributed by atoms with E-state index in [4.69, 9.17) is 4.74 Å². The fourth-order valence-electron chi connectivity index (χ4n) is 2.54. The van der Waals surface area contributed by atoms with Crippen molar-refractivity contribution in [1.82, 2.24) is 3.97 Å².